The number of anilines is 2. The first-order valence-electron chi connectivity index (χ1n) is 11.9. The van der Waals surface area contributed by atoms with Crippen molar-refractivity contribution < 1.29 is 19.2 Å². The molecule has 0 spiro atoms. The number of rotatable bonds is 7. The zero-order chi connectivity index (χ0) is 26.5. The Balaban J connectivity index is 1.50. The number of benzene rings is 3. The number of ether oxygens (including phenoxy) is 1. The maximum Gasteiger partial charge on any atom is 0.311 e. The predicted octanol–water partition coefficient (Wildman–Crippen LogP) is 5.17. The third-order valence-corrected chi connectivity index (χ3v) is 6.44. The van der Waals surface area contributed by atoms with Crippen molar-refractivity contribution in [3.8, 4) is 5.75 Å². The summed E-state index contributed by atoms with van der Waals surface area (Å²) >= 11 is 6.54. The molecule has 0 radical (unpaired) electrons. The van der Waals surface area contributed by atoms with Crippen molar-refractivity contribution in [1.82, 2.24) is 4.90 Å². The lowest BCUT2D eigenvalue weighted by Gasteiger charge is -2.37. The van der Waals surface area contributed by atoms with Crippen LogP contribution in [0.5, 0.6) is 5.75 Å². The standard InChI is InChI=1S/C27H27ClN4O5/c1-3-37-24-12-11-20(17-23(24)32(35)36)26(33)29-22-6-4-5-21(28)25(22)30-13-15-31(16-14-30)27(34)19-9-7-18(2)8-10-19/h4-12,17H,3,13-16H2,1-2H3,(H,29,33). The molecular weight excluding hydrogens is 496 g/mol. The third-order valence-electron chi connectivity index (χ3n) is 6.13. The van der Waals surface area contributed by atoms with Gasteiger partial charge in [-0.25, -0.2) is 0 Å². The zero-order valence-electron chi connectivity index (χ0n) is 20.6. The van der Waals surface area contributed by atoms with Gasteiger partial charge in [0.15, 0.2) is 5.75 Å². The Morgan fingerprint density at radius 3 is 2.35 bits per heavy atom. The van der Waals surface area contributed by atoms with E-state index in [1.54, 1.807) is 30.0 Å². The Labute approximate surface area is 219 Å². The van der Waals surface area contributed by atoms with Crippen LogP contribution in [0.4, 0.5) is 17.1 Å². The number of amides is 2. The summed E-state index contributed by atoms with van der Waals surface area (Å²) in [7, 11) is 0. The number of para-hydroxylation sites is 1. The second kappa shape index (κ2) is 11.3. The highest BCUT2D eigenvalue weighted by atomic mass is 35.5. The number of hydrogen-bond donors (Lipinski definition) is 1. The maximum atomic E-state index is 13.0. The Morgan fingerprint density at radius 1 is 1.03 bits per heavy atom. The normalized spacial score (nSPS) is 13.3. The monoisotopic (exact) mass is 522 g/mol. The van der Waals surface area contributed by atoms with Crippen molar-refractivity contribution in [3.63, 3.8) is 0 Å². The summed E-state index contributed by atoms with van der Waals surface area (Å²) in [5, 5.41) is 14.7. The third kappa shape index (κ3) is 5.83. The molecule has 0 unspecified atom stereocenters. The largest absolute Gasteiger partial charge is 0.487 e. The number of nitro groups is 1. The SMILES string of the molecule is CCOc1ccc(C(=O)Nc2cccc(Cl)c2N2CCN(C(=O)c3ccc(C)cc3)CC2)cc1[N+](=O)[O-]. The smallest absolute Gasteiger partial charge is 0.311 e. The first-order chi connectivity index (χ1) is 17.8. The lowest BCUT2D eigenvalue weighted by atomic mass is 10.1. The topological polar surface area (TPSA) is 105 Å². The van der Waals surface area contributed by atoms with E-state index in [-0.39, 0.29) is 29.5 Å². The molecule has 0 aromatic heterocycles. The molecule has 3 aromatic carbocycles. The fourth-order valence-corrected chi connectivity index (χ4v) is 4.52. The van der Waals surface area contributed by atoms with Gasteiger partial charge >= 0.3 is 5.69 Å². The van der Waals surface area contributed by atoms with Crippen LogP contribution in [0.1, 0.15) is 33.2 Å². The Hall–Kier alpha value is -4.11. The van der Waals surface area contributed by atoms with E-state index in [1.165, 1.54) is 18.2 Å². The number of nitro benzene ring substituents is 1. The molecule has 1 aliphatic heterocycles. The van der Waals surface area contributed by atoms with Crippen LogP contribution < -0.4 is 15.0 Å². The second-order valence-corrected chi connectivity index (χ2v) is 9.02. The quantitative estimate of drug-likeness (QED) is 0.339. The lowest BCUT2D eigenvalue weighted by Crippen LogP contribution is -2.49. The number of hydrogen-bond acceptors (Lipinski definition) is 6. The minimum Gasteiger partial charge on any atom is -0.487 e. The van der Waals surface area contributed by atoms with E-state index in [4.69, 9.17) is 16.3 Å². The van der Waals surface area contributed by atoms with Crippen LogP contribution in [0.3, 0.4) is 0 Å². The molecule has 0 aliphatic carbocycles. The van der Waals surface area contributed by atoms with Crippen molar-refractivity contribution >= 4 is 40.5 Å². The molecule has 1 aliphatic rings. The highest BCUT2D eigenvalue weighted by molar-refractivity contribution is 6.34. The summed E-state index contributed by atoms with van der Waals surface area (Å²) in [5.41, 5.74) is 2.70. The van der Waals surface area contributed by atoms with E-state index >= 15 is 0 Å². The van der Waals surface area contributed by atoms with Crippen LogP contribution >= 0.6 is 11.6 Å². The molecule has 1 N–H and O–H groups in total. The highest BCUT2D eigenvalue weighted by Gasteiger charge is 2.26. The first kappa shape index (κ1) is 26.0. The molecule has 0 saturated carbocycles. The lowest BCUT2D eigenvalue weighted by molar-refractivity contribution is -0.385. The summed E-state index contributed by atoms with van der Waals surface area (Å²) in [5.74, 6) is -0.433. The molecular formula is C27H27ClN4O5. The maximum absolute atomic E-state index is 13.0. The van der Waals surface area contributed by atoms with Gasteiger partial charge < -0.3 is 19.9 Å². The molecule has 0 bridgehead atoms. The minimum absolute atomic E-state index is 0.0237. The summed E-state index contributed by atoms with van der Waals surface area (Å²) in [6.07, 6.45) is 0. The molecule has 9 nitrogen and oxygen atoms in total. The average molecular weight is 523 g/mol. The van der Waals surface area contributed by atoms with Crippen LogP contribution in [0.25, 0.3) is 0 Å². The molecule has 2 amide bonds. The number of halogens is 1. The fourth-order valence-electron chi connectivity index (χ4n) is 4.22. The molecule has 1 saturated heterocycles. The Kier molecular flexibility index (Phi) is 7.93. The number of aryl methyl sites for hydroxylation is 1. The van der Waals surface area contributed by atoms with E-state index < -0.39 is 10.8 Å². The Bertz CT molecular complexity index is 1320. The molecule has 10 heteroatoms. The van der Waals surface area contributed by atoms with E-state index in [0.717, 1.165) is 5.56 Å². The molecule has 1 fully saturated rings. The van der Waals surface area contributed by atoms with Gasteiger partial charge in [-0.2, -0.15) is 0 Å². The minimum atomic E-state index is -0.579. The van der Waals surface area contributed by atoms with Crippen molar-refractivity contribution in [2.45, 2.75) is 13.8 Å². The van der Waals surface area contributed by atoms with E-state index in [9.17, 15) is 19.7 Å². The van der Waals surface area contributed by atoms with E-state index in [2.05, 4.69) is 5.32 Å². The fraction of sp³-hybridized carbons (Fsp3) is 0.259. The van der Waals surface area contributed by atoms with Crippen LogP contribution in [0, 0.1) is 17.0 Å². The van der Waals surface area contributed by atoms with E-state index in [0.29, 0.717) is 48.1 Å². The van der Waals surface area contributed by atoms with Crippen molar-refractivity contribution in [2.24, 2.45) is 0 Å². The van der Waals surface area contributed by atoms with Crippen LogP contribution in [0.2, 0.25) is 5.02 Å². The summed E-state index contributed by atoms with van der Waals surface area (Å²) in [6, 6.07) is 16.8. The van der Waals surface area contributed by atoms with Gasteiger partial charge in [0.2, 0.25) is 0 Å². The van der Waals surface area contributed by atoms with Gasteiger partial charge in [0.1, 0.15) is 0 Å². The Morgan fingerprint density at radius 2 is 1.70 bits per heavy atom. The predicted molar refractivity (Wildman–Crippen MR) is 143 cm³/mol. The van der Waals surface area contributed by atoms with E-state index in [1.807, 2.05) is 36.1 Å². The highest BCUT2D eigenvalue weighted by Crippen LogP contribution is 2.35. The van der Waals surface area contributed by atoms with Gasteiger partial charge in [-0.15, -0.1) is 0 Å². The number of carbonyl (C=O) groups excluding carboxylic acids is 2. The number of nitrogens with zero attached hydrogens (tertiary/aromatic N) is 3. The zero-order valence-corrected chi connectivity index (χ0v) is 21.3. The van der Waals surface area contributed by atoms with Gasteiger partial charge in [-0.05, 0) is 50.2 Å². The molecule has 37 heavy (non-hydrogen) atoms. The van der Waals surface area contributed by atoms with Gasteiger partial charge in [0.05, 0.1) is 27.9 Å². The number of carbonyl (C=O) groups is 2. The van der Waals surface area contributed by atoms with Gasteiger partial charge in [-0.3, -0.25) is 19.7 Å². The van der Waals surface area contributed by atoms with Crippen molar-refractivity contribution in [3.05, 3.63) is 92.5 Å². The van der Waals surface area contributed by atoms with Crippen LogP contribution in [0.15, 0.2) is 60.7 Å². The molecule has 192 valence electrons. The average Bonchev–Trinajstić information content (AvgIpc) is 2.89. The van der Waals surface area contributed by atoms with Crippen LogP contribution in [-0.4, -0.2) is 54.4 Å². The molecule has 0 atom stereocenters. The first-order valence-corrected chi connectivity index (χ1v) is 12.3. The number of nitrogens with one attached hydrogen (secondary N) is 1. The van der Waals surface area contributed by atoms with Crippen molar-refractivity contribution in [2.75, 3.05) is 43.0 Å². The van der Waals surface area contributed by atoms with Gasteiger partial charge in [-0.1, -0.05) is 35.4 Å². The van der Waals surface area contributed by atoms with Gasteiger partial charge in [0, 0.05) is 43.4 Å². The summed E-state index contributed by atoms with van der Waals surface area (Å²) in [4.78, 5) is 40.6. The second-order valence-electron chi connectivity index (χ2n) is 8.61. The molecule has 3 aromatic rings. The molecule has 4 rings (SSSR count). The summed E-state index contributed by atoms with van der Waals surface area (Å²) in [6.45, 7) is 6.01. The number of piperazine rings is 1. The van der Waals surface area contributed by atoms with Crippen LogP contribution in [-0.2, 0) is 0 Å². The molecule has 1 heterocycles. The van der Waals surface area contributed by atoms with Gasteiger partial charge in [0.25, 0.3) is 11.8 Å². The summed E-state index contributed by atoms with van der Waals surface area (Å²) < 4.78 is 5.30. The van der Waals surface area contributed by atoms with Crippen molar-refractivity contribution in [1.29, 1.82) is 0 Å².